The number of para-hydroxylation sites is 2. The van der Waals surface area contributed by atoms with Crippen LogP contribution < -0.4 is 20.3 Å². The van der Waals surface area contributed by atoms with E-state index < -0.39 is 0 Å². The Labute approximate surface area is 179 Å². The maximum Gasteiger partial charge on any atom is 0.191 e. The Morgan fingerprint density at radius 3 is 2.73 bits per heavy atom. The average molecular weight is 408 g/mol. The standard InChI is InChI=1S/C24H33N5O/c1-25-24(26-13-16-28-14-11-19-7-3-4-8-20(19)17-28)27-21-12-15-29(18-21)22-9-5-6-10-23(22)30-2/h3-10,21H,11-18H2,1-2H3,(H2,25,26,27). The maximum atomic E-state index is 5.53. The average Bonchev–Trinajstić information content (AvgIpc) is 3.26. The van der Waals surface area contributed by atoms with Crippen molar-refractivity contribution in [1.82, 2.24) is 15.5 Å². The quantitative estimate of drug-likeness (QED) is 0.569. The molecule has 2 aromatic carbocycles. The third-order valence-corrected chi connectivity index (χ3v) is 6.11. The van der Waals surface area contributed by atoms with Crippen LogP contribution in [0, 0.1) is 0 Å². The lowest BCUT2D eigenvalue weighted by molar-refractivity contribution is 0.258. The molecule has 6 heteroatoms. The van der Waals surface area contributed by atoms with Crippen LogP contribution in [0.15, 0.2) is 53.5 Å². The van der Waals surface area contributed by atoms with E-state index in [-0.39, 0.29) is 0 Å². The number of fused-ring (bicyclic) bond motifs is 1. The van der Waals surface area contributed by atoms with Crippen molar-refractivity contribution in [3.8, 4) is 5.75 Å². The summed E-state index contributed by atoms with van der Waals surface area (Å²) in [4.78, 5) is 9.33. The Hall–Kier alpha value is -2.73. The summed E-state index contributed by atoms with van der Waals surface area (Å²) in [6.07, 6.45) is 2.23. The smallest absolute Gasteiger partial charge is 0.191 e. The molecule has 4 rings (SSSR count). The molecule has 6 nitrogen and oxygen atoms in total. The molecule has 0 amide bonds. The molecule has 2 aromatic rings. The zero-order valence-electron chi connectivity index (χ0n) is 18.1. The number of hydrogen-bond donors (Lipinski definition) is 2. The molecule has 0 spiro atoms. The molecule has 30 heavy (non-hydrogen) atoms. The van der Waals surface area contributed by atoms with Gasteiger partial charge < -0.3 is 20.3 Å². The van der Waals surface area contributed by atoms with Gasteiger partial charge in [-0.2, -0.15) is 0 Å². The highest BCUT2D eigenvalue weighted by atomic mass is 16.5. The number of ether oxygens (including phenoxy) is 1. The van der Waals surface area contributed by atoms with E-state index in [2.05, 4.69) is 61.8 Å². The fraction of sp³-hybridized carbons (Fsp3) is 0.458. The van der Waals surface area contributed by atoms with Crippen LogP contribution in [-0.2, 0) is 13.0 Å². The number of anilines is 1. The molecule has 1 fully saturated rings. The van der Waals surface area contributed by atoms with E-state index >= 15 is 0 Å². The second-order valence-corrected chi connectivity index (χ2v) is 8.04. The fourth-order valence-corrected chi connectivity index (χ4v) is 4.45. The lowest BCUT2D eigenvalue weighted by atomic mass is 10.00. The van der Waals surface area contributed by atoms with Gasteiger partial charge in [0.05, 0.1) is 12.8 Å². The minimum absolute atomic E-state index is 0.378. The molecule has 0 saturated carbocycles. The van der Waals surface area contributed by atoms with Crippen LogP contribution in [0.3, 0.4) is 0 Å². The van der Waals surface area contributed by atoms with E-state index in [9.17, 15) is 0 Å². The highest BCUT2D eigenvalue weighted by Gasteiger charge is 2.25. The van der Waals surface area contributed by atoms with Crippen molar-refractivity contribution >= 4 is 11.6 Å². The molecular weight excluding hydrogens is 374 g/mol. The van der Waals surface area contributed by atoms with Gasteiger partial charge in [-0.15, -0.1) is 0 Å². The first-order chi connectivity index (χ1) is 14.8. The van der Waals surface area contributed by atoms with Gasteiger partial charge in [0.2, 0.25) is 0 Å². The van der Waals surface area contributed by atoms with Gasteiger partial charge in [0, 0.05) is 52.4 Å². The van der Waals surface area contributed by atoms with Crippen LogP contribution in [0.25, 0.3) is 0 Å². The lowest BCUT2D eigenvalue weighted by Gasteiger charge is -2.29. The van der Waals surface area contributed by atoms with Crippen molar-refractivity contribution in [3.63, 3.8) is 0 Å². The van der Waals surface area contributed by atoms with Gasteiger partial charge in [0.25, 0.3) is 0 Å². The minimum Gasteiger partial charge on any atom is -0.495 e. The van der Waals surface area contributed by atoms with Crippen molar-refractivity contribution in [2.75, 3.05) is 51.8 Å². The van der Waals surface area contributed by atoms with E-state index in [4.69, 9.17) is 4.74 Å². The van der Waals surface area contributed by atoms with Crippen molar-refractivity contribution in [1.29, 1.82) is 0 Å². The third-order valence-electron chi connectivity index (χ3n) is 6.11. The molecule has 1 atom stereocenters. The number of aliphatic imine (C=N–C) groups is 1. The molecule has 160 valence electrons. The number of benzene rings is 2. The van der Waals surface area contributed by atoms with Gasteiger partial charge in [0.15, 0.2) is 5.96 Å². The molecule has 2 aliphatic rings. The van der Waals surface area contributed by atoms with E-state index in [0.29, 0.717) is 6.04 Å². The number of rotatable bonds is 6. The number of methoxy groups -OCH3 is 1. The molecule has 2 heterocycles. The second kappa shape index (κ2) is 9.85. The minimum atomic E-state index is 0.378. The largest absolute Gasteiger partial charge is 0.495 e. The number of nitrogens with one attached hydrogen (secondary N) is 2. The molecule has 2 aliphatic heterocycles. The van der Waals surface area contributed by atoms with Gasteiger partial charge in [0.1, 0.15) is 5.75 Å². The Balaban J connectivity index is 1.23. The predicted molar refractivity (Wildman–Crippen MR) is 124 cm³/mol. The van der Waals surface area contributed by atoms with Gasteiger partial charge in [-0.1, -0.05) is 36.4 Å². The Bertz CT molecular complexity index is 868. The van der Waals surface area contributed by atoms with Gasteiger partial charge in [-0.25, -0.2) is 0 Å². The molecule has 1 unspecified atom stereocenters. The zero-order chi connectivity index (χ0) is 20.8. The van der Waals surface area contributed by atoms with Crippen LogP contribution >= 0.6 is 0 Å². The fourth-order valence-electron chi connectivity index (χ4n) is 4.45. The summed E-state index contributed by atoms with van der Waals surface area (Å²) in [6.45, 7) is 6.05. The third kappa shape index (κ3) is 4.87. The van der Waals surface area contributed by atoms with E-state index in [1.165, 1.54) is 11.1 Å². The number of nitrogens with zero attached hydrogens (tertiary/aromatic N) is 3. The second-order valence-electron chi connectivity index (χ2n) is 8.04. The first-order valence-corrected chi connectivity index (χ1v) is 10.9. The summed E-state index contributed by atoms with van der Waals surface area (Å²) in [5.41, 5.74) is 4.13. The van der Waals surface area contributed by atoms with Gasteiger partial charge >= 0.3 is 0 Å². The topological polar surface area (TPSA) is 52.1 Å². The van der Waals surface area contributed by atoms with Crippen LogP contribution in [0.2, 0.25) is 0 Å². The Morgan fingerprint density at radius 2 is 1.90 bits per heavy atom. The van der Waals surface area contributed by atoms with Crippen LogP contribution in [0.1, 0.15) is 17.5 Å². The summed E-state index contributed by atoms with van der Waals surface area (Å²) in [6, 6.07) is 17.4. The zero-order valence-corrected chi connectivity index (χ0v) is 18.1. The van der Waals surface area contributed by atoms with Crippen LogP contribution in [0.5, 0.6) is 5.75 Å². The van der Waals surface area contributed by atoms with Gasteiger partial charge in [-0.3, -0.25) is 9.89 Å². The van der Waals surface area contributed by atoms with Crippen molar-refractivity contribution in [2.45, 2.75) is 25.4 Å². The highest BCUT2D eigenvalue weighted by Crippen LogP contribution is 2.30. The SMILES string of the molecule is CN=C(NCCN1CCc2ccccc2C1)NC1CCN(c2ccccc2OC)C1. The first kappa shape index (κ1) is 20.5. The molecule has 0 aromatic heterocycles. The molecule has 0 bridgehead atoms. The molecule has 0 aliphatic carbocycles. The Kier molecular flexibility index (Phi) is 6.74. The summed E-state index contributed by atoms with van der Waals surface area (Å²) in [5.74, 6) is 1.82. The first-order valence-electron chi connectivity index (χ1n) is 10.9. The van der Waals surface area contributed by atoms with E-state index in [1.807, 2.05) is 19.2 Å². The summed E-state index contributed by atoms with van der Waals surface area (Å²) in [5, 5.41) is 7.09. The predicted octanol–water partition coefficient (Wildman–Crippen LogP) is 2.50. The summed E-state index contributed by atoms with van der Waals surface area (Å²) < 4.78 is 5.53. The maximum absolute atomic E-state index is 5.53. The van der Waals surface area contributed by atoms with E-state index in [0.717, 1.165) is 69.5 Å². The van der Waals surface area contributed by atoms with Crippen molar-refractivity contribution in [2.24, 2.45) is 4.99 Å². The highest BCUT2D eigenvalue weighted by molar-refractivity contribution is 5.80. The number of hydrogen-bond acceptors (Lipinski definition) is 4. The van der Waals surface area contributed by atoms with Crippen LogP contribution in [-0.4, -0.2) is 63.8 Å². The van der Waals surface area contributed by atoms with Crippen molar-refractivity contribution in [3.05, 3.63) is 59.7 Å². The van der Waals surface area contributed by atoms with E-state index in [1.54, 1.807) is 7.11 Å². The summed E-state index contributed by atoms with van der Waals surface area (Å²) in [7, 11) is 3.58. The lowest BCUT2D eigenvalue weighted by Crippen LogP contribution is -2.47. The molecular formula is C24H33N5O. The molecule has 0 radical (unpaired) electrons. The van der Waals surface area contributed by atoms with Gasteiger partial charge in [-0.05, 0) is 36.1 Å². The molecule has 2 N–H and O–H groups in total. The Morgan fingerprint density at radius 1 is 1.10 bits per heavy atom. The normalized spacial score (nSPS) is 19.5. The summed E-state index contributed by atoms with van der Waals surface area (Å²) >= 11 is 0. The monoisotopic (exact) mass is 407 g/mol. The molecule has 1 saturated heterocycles. The van der Waals surface area contributed by atoms with Crippen molar-refractivity contribution < 1.29 is 4.74 Å². The number of guanidine groups is 1. The van der Waals surface area contributed by atoms with Crippen LogP contribution in [0.4, 0.5) is 5.69 Å².